The highest BCUT2D eigenvalue weighted by Crippen LogP contribution is 2.36. The Hall–Kier alpha value is -3.15. The van der Waals surface area contributed by atoms with Gasteiger partial charge in [0, 0.05) is 88.4 Å². The lowest BCUT2D eigenvalue weighted by atomic mass is 9.78. The van der Waals surface area contributed by atoms with Crippen molar-refractivity contribution < 1.29 is 38.8 Å². The van der Waals surface area contributed by atoms with Gasteiger partial charge in [-0.2, -0.15) is 0 Å². The number of nitrogens with zero attached hydrogens (tertiary/aromatic N) is 4. The van der Waals surface area contributed by atoms with Gasteiger partial charge in [0.2, 0.25) is 17.7 Å². The highest BCUT2D eigenvalue weighted by molar-refractivity contribution is 5.90. The molecule has 3 aliphatic rings. The lowest BCUT2D eigenvalue weighted by Crippen LogP contribution is -2.60. The minimum Gasteiger partial charge on any atom is -0.392 e. The van der Waals surface area contributed by atoms with Crippen LogP contribution in [0.3, 0.4) is 0 Å². The molecular weight excluding hydrogens is 743 g/mol. The van der Waals surface area contributed by atoms with E-state index in [9.17, 15) is 24.6 Å². The molecule has 0 unspecified atom stereocenters. The number of para-hydroxylation sites is 1. The monoisotopic (exact) mass is 814 g/mol. The van der Waals surface area contributed by atoms with Crippen LogP contribution in [0.1, 0.15) is 59.4 Å². The Morgan fingerprint density at radius 2 is 1.79 bits per heavy atom. The summed E-state index contributed by atoms with van der Waals surface area (Å²) in [5.41, 5.74) is 0.335. The number of aromatic nitrogens is 1. The maximum atomic E-state index is 14.0. The van der Waals surface area contributed by atoms with Crippen molar-refractivity contribution in [2.45, 2.75) is 109 Å². The van der Waals surface area contributed by atoms with Crippen molar-refractivity contribution in [3.63, 3.8) is 0 Å². The van der Waals surface area contributed by atoms with E-state index in [2.05, 4.69) is 37.4 Å². The molecule has 15 nitrogen and oxygen atoms in total. The second-order valence-corrected chi connectivity index (χ2v) is 17.9. The summed E-state index contributed by atoms with van der Waals surface area (Å²) in [6, 6.07) is 6.88. The van der Waals surface area contributed by atoms with Crippen LogP contribution in [0.2, 0.25) is 0 Å². The van der Waals surface area contributed by atoms with Gasteiger partial charge in [-0.15, -0.1) is 0 Å². The summed E-state index contributed by atoms with van der Waals surface area (Å²) in [7, 11) is 7.78. The summed E-state index contributed by atoms with van der Waals surface area (Å²) in [5.74, 6) is -2.58. The second kappa shape index (κ2) is 20.4. The van der Waals surface area contributed by atoms with Crippen molar-refractivity contribution in [2.75, 3.05) is 80.6 Å². The first-order valence-corrected chi connectivity index (χ1v) is 21.2. The fourth-order valence-electron chi connectivity index (χ4n) is 9.11. The number of H-pyrrole nitrogens is 1. The molecule has 11 atom stereocenters. The summed E-state index contributed by atoms with van der Waals surface area (Å²) in [6.45, 7) is 14.2. The third-order valence-electron chi connectivity index (χ3n) is 12.4. The quantitative estimate of drug-likeness (QED) is 0.198. The largest absolute Gasteiger partial charge is 0.392 e. The van der Waals surface area contributed by atoms with Crippen molar-refractivity contribution in [1.82, 2.24) is 35.2 Å². The van der Waals surface area contributed by atoms with E-state index in [1.165, 1.54) is 0 Å². The van der Waals surface area contributed by atoms with E-state index in [1.807, 2.05) is 58.4 Å². The van der Waals surface area contributed by atoms with E-state index in [1.54, 1.807) is 32.7 Å². The number of carbonyl (C=O) groups excluding carboxylic acids is 3. The van der Waals surface area contributed by atoms with E-state index in [-0.39, 0.29) is 42.7 Å². The molecule has 0 saturated carbocycles. The number of nitrogens with one attached hydrogen (secondary N) is 3. The normalized spacial score (nSPS) is 34.0. The van der Waals surface area contributed by atoms with Crippen LogP contribution in [0.4, 0.5) is 0 Å². The van der Waals surface area contributed by atoms with E-state index in [0.717, 1.165) is 42.6 Å². The first kappa shape index (κ1) is 45.9. The van der Waals surface area contributed by atoms with Gasteiger partial charge in [-0.25, -0.2) is 0 Å². The van der Waals surface area contributed by atoms with Crippen molar-refractivity contribution in [1.29, 1.82) is 0 Å². The zero-order valence-corrected chi connectivity index (χ0v) is 36.3. The molecule has 0 radical (unpaired) electrons. The average molecular weight is 814 g/mol. The number of aromatic amines is 1. The minimum absolute atomic E-state index is 0.00256. The number of hydrogen-bond acceptors (Lipinski definition) is 11. The predicted molar refractivity (Wildman–Crippen MR) is 223 cm³/mol. The third kappa shape index (κ3) is 11.8. The number of piperazine rings is 1. The molecule has 15 heteroatoms. The first-order chi connectivity index (χ1) is 27.4. The number of likely N-dealkylation sites (N-methyl/N-ethyl adjacent to an activating group) is 3. The van der Waals surface area contributed by atoms with Crippen LogP contribution >= 0.6 is 0 Å². The SMILES string of the molecule is C[C@H]1CN(C)C(=O)[C@H](Cc2c[nH]c3ccccc23)NC(=O)[C@H](C)[C@@H](O)[C@H](C)[C@@H](O[C@@H]2O[C@H](C)C[C@H](N(C)C)[C@H]2OCCCNC(=O)CN2CCN(C)CC2)[C@](C)(O)C1. The number of ether oxygens (including phenoxy) is 3. The van der Waals surface area contributed by atoms with Crippen LogP contribution in [0, 0.1) is 17.8 Å². The van der Waals surface area contributed by atoms with Crippen molar-refractivity contribution in [2.24, 2.45) is 17.8 Å². The van der Waals surface area contributed by atoms with Gasteiger partial charge in [0.1, 0.15) is 12.1 Å². The Balaban J connectivity index is 1.31. The Bertz CT molecular complexity index is 1650. The molecule has 3 saturated heterocycles. The Labute approximate surface area is 345 Å². The highest BCUT2D eigenvalue weighted by Gasteiger charge is 2.48. The maximum absolute atomic E-state index is 14.0. The van der Waals surface area contributed by atoms with Gasteiger partial charge >= 0.3 is 0 Å². The Morgan fingerprint density at radius 3 is 2.50 bits per heavy atom. The van der Waals surface area contributed by atoms with Crippen LogP contribution in [0.15, 0.2) is 30.5 Å². The number of aliphatic hydroxyl groups excluding tert-OH is 1. The van der Waals surface area contributed by atoms with E-state index in [0.29, 0.717) is 39.1 Å². The molecule has 1 aromatic carbocycles. The molecule has 5 rings (SSSR count). The van der Waals surface area contributed by atoms with Crippen LogP contribution in [0.5, 0.6) is 0 Å². The molecule has 0 aliphatic carbocycles. The molecule has 3 amide bonds. The maximum Gasteiger partial charge on any atom is 0.245 e. The van der Waals surface area contributed by atoms with Gasteiger partial charge in [-0.05, 0) is 71.8 Å². The van der Waals surface area contributed by atoms with E-state index >= 15 is 0 Å². The summed E-state index contributed by atoms with van der Waals surface area (Å²) in [5, 5.41) is 31.3. The summed E-state index contributed by atoms with van der Waals surface area (Å²) < 4.78 is 19.8. The number of carbonyl (C=O) groups is 3. The zero-order chi connectivity index (χ0) is 42.3. The van der Waals surface area contributed by atoms with Gasteiger partial charge in [0.25, 0.3) is 0 Å². The molecule has 1 aromatic heterocycles. The number of aliphatic hydroxyl groups is 2. The fraction of sp³-hybridized carbons (Fsp3) is 0.744. The van der Waals surface area contributed by atoms with Gasteiger partial charge in [0.15, 0.2) is 6.29 Å². The summed E-state index contributed by atoms with van der Waals surface area (Å²) in [6.07, 6.45) is -0.225. The molecule has 0 bridgehead atoms. The number of amides is 3. The van der Waals surface area contributed by atoms with Gasteiger partial charge in [-0.3, -0.25) is 19.3 Å². The van der Waals surface area contributed by atoms with Crippen molar-refractivity contribution >= 4 is 28.6 Å². The molecular formula is C43H71N7O8. The standard InChI is InChI=1S/C43H71N7O8/c1-27-23-43(5,55)39(29(3)37(52)30(4)40(53)46-34(41(54)49(9)25-27)22-31-24-45-33-14-11-10-13-32(31)33)58-42-38(35(47(6)7)21-28(2)57-42)56-20-12-15-44-36(51)26-50-18-16-48(8)17-19-50/h10-11,13-14,24,27-30,34-35,37-39,42,45,52,55H,12,15-23,25-26H2,1-9H3,(H,44,51)(H,46,53)/t27-,28-,29+,30-,34+,35+,37+,38-,39-,42+,43-/m1/s1. The lowest BCUT2D eigenvalue weighted by molar-refractivity contribution is -0.306. The minimum atomic E-state index is -1.51. The van der Waals surface area contributed by atoms with Crippen LogP contribution in [-0.2, 0) is 35.0 Å². The van der Waals surface area contributed by atoms with Gasteiger partial charge in [-0.1, -0.05) is 39.0 Å². The number of hydrogen-bond donors (Lipinski definition) is 5. The molecule has 3 aliphatic heterocycles. The molecule has 2 aromatic rings. The molecule has 326 valence electrons. The van der Waals surface area contributed by atoms with Crippen LogP contribution < -0.4 is 10.6 Å². The van der Waals surface area contributed by atoms with E-state index < -0.39 is 54.0 Å². The summed E-state index contributed by atoms with van der Waals surface area (Å²) >= 11 is 0. The number of fused-ring (bicyclic) bond motifs is 1. The van der Waals surface area contributed by atoms with Crippen molar-refractivity contribution in [3.05, 3.63) is 36.0 Å². The number of rotatable bonds is 12. The molecule has 4 heterocycles. The zero-order valence-electron chi connectivity index (χ0n) is 36.3. The Morgan fingerprint density at radius 1 is 1.09 bits per heavy atom. The van der Waals surface area contributed by atoms with Crippen LogP contribution in [-0.4, -0.2) is 182 Å². The smallest absolute Gasteiger partial charge is 0.245 e. The van der Waals surface area contributed by atoms with Gasteiger partial charge < -0.3 is 54.7 Å². The molecule has 58 heavy (non-hydrogen) atoms. The molecule has 5 N–H and O–H groups in total. The fourth-order valence-corrected chi connectivity index (χ4v) is 9.11. The molecule has 0 spiro atoms. The van der Waals surface area contributed by atoms with Gasteiger partial charge in [0.05, 0.1) is 36.4 Å². The van der Waals surface area contributed by atoms with Crippen LogP contribution in [0.25, 0.3) is 10.9 Å². The molecule has 3 fully saturated rings. The van der Waals surface area contributed by atoms with Crippen molar-refractivity contribution in [3.8, 4) is 0 Å². The Kier molecular flexibility index (Phi) is 16.2. The number of benzene rings is 1. The topological polar surface area (TPSA) is 172 Å². The summed E-state index contributed by atoms with van der Waals surface area (Å²) in [4.78, 5) is 52.1. The third-order valence-corrected chi connectivity index (χ3v) is 12.4. The predicted octanol–water partition coefficient (Wildman–Crippen LogP) is 1.67. The second-order valence-electron chi connectivity index (χ2n) is 17.9. The van der Waals surface area contributed by atoms with E-state index in [4.69, 9.17) is 14.2 Å². The lowest BCUT2D eigenvalue weighted by Gasteiger charge is -2.47. The average Bonchev–Trinajstić information content (AvgIpc) is 3.58. The highest BCUT2D eigenvalue weighted by atomic mass is 16.7. The first-order valence-electron chi connectivity index (χ1n) is 21.2.